The Morgan fingerprint density at radius 1 is 1.42 bits per heavy atom. The molecule has 6 heteroatoms. The molecule has 0 amide bonds. The molecule has 106 valence electrons. The van der Waals surface area contributed by atoms with Crippen molar-refractivity contribution in [2.75, 3.05) is 26.2 Å². The van der Waals surface area contributed by atoms with E-state index in [2.05, 4.69) is 24.1 Å². The summed E-state index contributed by atoms with van der Waals surface area (Å²) in [6, 6.07) is 3.88. The summed E-state index contributed by atoms with van der Waals surface area (Å²) in [7, 11) is 0. The number of piperazine rings is 1. The van der Waals surface area contributed by atoms with Gasteiger partial charge in [-0.15, -0.1) is 0 Å². The molecule has 0 aliphatic carbocycles. The van der Waals surface area contributed by atoms with Crippen LogP contribution in [-0.2, 0) is 0 Å². The van der Waals surface area contributed by atoms with E-state index in [-0.39, 0.29) is 9.92 Å². The van der Waals surface area contributed by atoms with Crippen LogP contribution >= 0.6 is 11.3 Å². The normalized spacial score (nSPS) is 18.7. The van der Waals surface area contributed by atoms with Crippen molar-refractivity contribution in [3.8, 4) is 0 Å². The Morgan fingerprint density at radius 2 is 2.11 bits per heavy atom. The first-order valence-corrected chi connectivity index (χ1v) is 7.58. The summed E-state index contributed by atoms with van der Waals surface area (Å²) in [6.07, 6.45) is 1.05. The topological polar surface area (TPSA) is 58.4 Å². The molecule has 1 aromatic heterocycles. The number of hydrogen-bond donors (Lipinski definition) is 1. The van der Waals surface area contributed by atoms with E-state index in [1.807, 2.05) is 6.07 Å². The molecule has 1 aromatic rings. The Labute approximate surface area is 117 Å². The van der Waals surface area contributed by atoms with Gasteiger partial charge in [0.1, 0.15) is 0 Å². The first-order chi connectivity index (χ1) is 9.08. The zero-order chi connectivity index (χ0) is 13.8. The van der Waals surface area contributed by atoms with Crippen molar-refractivity contribution < 1.29 is 4.92 Å². The zero-order valence-electron chi connectivity index (χ0n) is 11.5. The van der Waals surface area contributed by atoms with Crippen LogP contribution in [0.15, 0.2) is 12.1 Å². The summed E-state index contributed by atoms with van der Waals surface area (Å²) in [5.74, 6) is 0.584. The second kappa shape index (κ2) is 6.45. The van der Waals surface area contributed by atoms with Crippen LogP contribution in [0, 0.1) is 16.0 Å². The van der Waals surface area contributed by atoms with Gasteiger partial charge in [0.05, 0.1) is 4.92 Å². The molecule has 0 bridgehead atoms. The molecule has 1 N–H and O–H groups in total. The molecule has 5 nitrogen and oxygen atoms in total. The van der Waals surface area contributed by atoms with Crippen LogP contribution in [0.4, 0.5) is 5.00 Å². The van der Waals surface area contributed by atoms with E-state index < -0.39 is 0 Å². The van der Waals surface area contributed by atoms with Gasteiger partial charge >= 0.3 is 5.00 Å². The van der Waals surface area contributed by atoms with Crippen molar-refractivity contribution in [1.29, 1.82) is 0 Å². The summed E-state index contributed by atoms with van der Waals surface area (Å²) >= 11 is 1.32. The average Bonchev–Trinajstić information content (AvgIpc) is 2.86. The number of nitrogens with one attached hydrogen (secondary N) is 1. The summed E-state index contributed by atoms with van der Waals surface area (Å²) < 4.78 is 0. The Bertz CT molecular complexity index is 427. The van der Waals surface area contributed by atoms with E-state index in [0.717, 1.165) is 37.5 Å². The van der Waals surface area contributed by atoms with Crippen molar-refractivity contribution in [3.05, 3.63) is 27.1 Å². The fourth-order valence-electron chi connectivity index (χ4n) is 2.50. The number of nitro groups is 1. The van der Waals surface area contributed by atoms with Crippen molar-refractivity contribution in [3.63, 3.8) is 0 Å². The van der Waals surface area contributed by atoms with Crippen molar-refractivity contribution in [1.82, 2.24) is 10.2 Å². The predicted octanol–water partition coefficient (Wildman–Crippen LogP) is 2.65. The number of nitrogens with zero attached hydrogens (tertiary/aromatic N) is 2. The quantitative estimate of drug-likeness (QED) is 0.666. The second-order valence-corrected chi connectivity index (χ2v) is 6.46. The van der Waals surface area contributed by atoms with Gasteiger partial charge in [-0.05, 0) is 18.4 Å². The summed E-state index contributed by atoms with van der Waals surface area (Å²) in [4.78, 5) is 14.1. The molecule has 1 fully saturated rings. The zero-order valence-corrected chi connectivity index (χ0v) is 12.3. The third-order valence-electron chi connectivity index (χ3n) is 3.41. The van der Waals surface area contributed by atoms with Gasteiger partial charge < -0.3 is 5.32 Å². The lowest BCUT2D eigenvalue weighted by molar-refractivity contribution is -0.380. The van der Waals surface area contributed by atoms with Crippen LogP contribution in [-0.4, -0.2) is 36.0 Å². The SMILES string of the molecule is CC(C)C[C@@H](c1ccc([N+](=O)[O-])s1)N1CCNCC1. The Hall–Kier alpha value is -0.980. The van der Waals surface area contributed by atoms with E-state index in [4.69, 9.17) is 0 Å². The smallest absolute Gasteiger partial charge is 0.314 e. The van der Waals surface area contributed by atoms with Crippen molar-refractivity contribution in [2.45, 2.75) is 26.3 Å². The van der Waals surface area contributed by atoms with E-state index in [0.29, 0.717) is 12.0 Å². The molecule has 1 aliphatic heterocycles. The third kappa shape index (κ3) is 3.75. The predicted molar refractivity (Wildman–Crippen MR) is 77.6 cm³/mol. The first kappa shape index (κ1) is 14.4. The maximum atomic E-state index is 10.8. The minimum Gasteiger partial charge on any atom is -0.314 e. The Balaban J connectivity index is 2.17. The minimum absolute atomic E-state index is 0.249. The molecule has 19 heavy (non-hydrogen) atoms. The average molecular weight is 283 g/mol. The number of hydrogen-bond acceptors (Lipinski definition) is 5. The van der Waals surface area contributed by atoms with Gasteiger partial charge in [0.2, 0.25) is 0 Å². The van der Waals surface area contributed by atoms with Crippen molar-refractivity contribution in [2.24, 2.45) is 5.92 Å². The largest absolute Gasteiger partial charge is 0.324 e. The number of rotatable bonds is 5. The lowest BCUT2D eigenvalue weighted by Crippen LogP contribution is -2.45. The molecule has 0 saturated carbocycles. The molecular formula is C13H21N3O2S. The molecule has 1 atom stereocenters. The molecule has 0 spiro atoms. The van der Waals surface area contributed by atoms with Gasteiger partial charge in [0.15, 0.2) is 0 Å². The molecule has 2 rings (SSSR count). The summed E-state index contributed by atoms with van der Waals surface area (Å²) in [6.45, 7) is 8.45. The van der Waals surface area contributed by atoms with Crippen LogP contribution < -0.4 is 5.32 Å². The Morgan fingerprint density at radius 3 is 2.63 bits per heavy atom. The highest BCUT2D eigenvalue weighted by atomic mass is 32.1. The van der Waals surface area contributed by atoms with Crippen LogP contribution in [0.2, 0.25) is 0 Å². The van der Waals surface area contributed by atoms with Crippen LogP contribution in [0.3, 0.4) is 0 Å². The van der Waals surface area contributed by atoms with E-state index in [1.165, 1.54) is 11.3 Å². The van der Waals surface area contributed by atoms with Gasteiger partial charge in [-0.25, -0.2) is 0 Å². The van der Waals surface area contributed by atoms with Crippen molar-refractivity contribution >= 4 is 16.3 Å². The highest BCUT2D eigenvalue weighted by molar-refractivity contribution is 7.15. The molecule has 0 unspecified atom stereocenters. The maximum Gasteiger partial charge on any atom is 0.324 e. The van der Waals surface area contributed by atoms with Crippen LogP contribution in [0.25, 0.3) is 0 Å². The number of thiophene rings is 1. The highest BCUT2D eigenvalue weighted by Crippen LogP contribution is 2.35. The van der Waals surface area contributed by atoms with Gasteiger partial charge in [0, 0.05) is 43.2 Å². The molecule has 1 aliphatic rings. The minimum atomic E-state index is -0.293. The third-order valence-corrected chi connectivity index (χ3v) is 4.55. The Kier molecular flexibility index (Phi) is 4.90. The van der Waals surface area contributed by atoms with Gasteiger partial charge in [0.25, 0.3) is 0 Å². The molecule has 0 aromatic carbocycles. The fourth-order valence-corrected chi connectivity index (χ4v) is 3.47. The maximum absolute atomic E-state index is 10.8. The second-order valence-electron chi connectivity index (χ2n) is 5.36. The van der Waals surface area contributed by atoms with E-state index >= 15 is 0 Å². The van der Waals surface area contributed by atoms with E-state index in [1.54, 1.807) is 6.07 Å². The lowest BCUT2D eigenvalue weighted by atomic mass is 10.0. The fraction of sp³-hybridized carbons (Fsp3) is 0.692. The van der Waals surface area contributed by atoms with Crippen LogP contribution in [0.1, 0.15) is 31.2 Å². The first-order valence-electron chi connectivity index (χ1n) is 6.77. The molecule has 2 heterocycles. The standard InChI is InChI=1S/C13H21N3O2S/c1-10(2)9-11(15-7-5-14-6-8-15)12-3-4-13(19-12)16(17)18/h3-4,10-11,14H,5-9H2,1-2H3/t11-/m0/s1. The molecule has 1 saturated heterocycles. The summed E-state index contributed by atoms with van der Waals surface area (Å²) in [5.41, 5.74) is 0. The highest BCUT2D eigenvalue weighted by Gasteiger charge is 2.25. The van der Waals surface area contributed by atoms with E-state index in [9.17, 15) is 10.1 Å². The van der Waals surface area contributed by atoms with Gasteiger partial charge in [-0.2, -0.15) is 0 Å². The van der Waals surface area contributed by atoms with Gasteiger partial charge in [-0.3, -0.25) is 15.0 Å². The monoisotopic (exact) mass is 283 g/mol. The van der Waals surface area contributed by atoms with Crippen LogP contribution in [0.5, 0.6) is 0 Å². The lowest BCUT2D eigenvalue weighted by Gasteiger charge is -2.35. The molecular weight excluding hydrogens is 262 g/mol. The molecule has 0 radical (unpaired) electrons. The summed E-state index contributed by atoms with van der Waals surface area (Å²) in [5, 5.41) is 14.4. The van der Waals surface area contributed by atoms with Gasteiger partial charge in [-0.1, -0.05) is 25.2 Å².